The van der Waals surface area contributed by atoms with Crippen molar-refractivity contribution >= 4 is 5.91 Å². The van der Waals surface area contributed by atoms with Crippen molar-refractivity contribution in [3.8, 4) is 11.3 Å². The molecule has 5 rings (SSSR count). The molecule has 3 aliphatic heterocycles. The van der Waals surface area contributed by atoms with E-state index in [2.05, 4.69) is 22.1 Å². The summed E-state index contributed by atoms with van der Waals surface area (Å²) in [5, 5.41) is 3.16. The van der Waals surface area contributed by atoms with Gasteiger partial charge in [-0.15, -0.1) is 0 Å². The lowest BCUT2D eigenvalue weighted by Gasteiger charge is -2.49. The summed E-state index contributed by atoms with van der Waals surface area (Å²) in [5.74, 6) is 1.14. The van der Waals surface area contributed by atoms with E-state index in [-0.39, 0.29) is 17.8 Å². The lowest BCUT2D eigenvalue weighted by molar-refractivity contribution is 0.0210. The molecule has 0 radical (unpaired) electrons. The fourth-order valence-electron chi connectivity index (χ4n) is 4.07. The topological polar surface area (TPSA) is 58.4 Å². The van der Waals surface area contributed by atoms with E-state index in [1.807, 2.05) is 31.2 Å². The smallest absolute Gasteiger partial charge is 0.307 e. The minimum Gasteiger partial charge on any atom is -0.432 e. The minimum atomic E-state index is -0.209. The second-order valence-corrected chi connectivity index (χ2v) is 7.01. The van der Waals surface area contributed by atoms with Gasteiger partial charge in [0.15, 0.2) is 5.76 Å². The van der Waals surface area contributed by atoms with E-state index in [1.165, 1.54) is 0 Å². The highest BCUT2D eigenvalue weighted by Crippen LogP contribution is 2.32. The van der Waals surface area contributed by atoms with Crippen LogP contribution in [0.5, 0.6) is 0 Å². The fraction of sp³-hybridized carbons (Fsp3) is 0.474. The molecule has 0 spiro atoms. The Morgan fingerprint density at radius 3 is 2.83 bits per heavy atom. The van der Waals surface area contributed by atoms with Crippen molar-refractivity contribution in [1.29, 1.82) is 0 Å². The van der Waals surface area contributed by atoms with Crippen LogP contribution in [0.2, 0.25) is 0 Å². The molecule has 5 heteroatoms. The van der Waals surface area contributed by atoms with Crippen molar-refractivity contribution in [3.05, 3.63) is 41.9 Å². The number of oxazole rings is 1. The number of fused-ring (bicyclic) bond motifs is 3. The number of nitrogens with zero attached hydrogens (tertiary/aromatic N) is 2. The summed E-state index contributed by atoms with van der Waals surface area (Å²) in [4.78, 5) is 19.2. The molecule has 2 bridgehead atoms. The molecule has 1 N–H and O–H groups in total. The van der Waals surface area contributed by atoms with E-state index in [1.54, 1.807) is 6.20 Å². The van der Waals surface area contributed by atoms with Crippen molar-refractivity contribution in [2.45, 2.75) is 38.8 Å². The summed E-state index contributed by atoms with van der Waals surface area (Å²) in [6, 6.07) is 8.56. The van der Waals surface area contributed by atoms with Gasteiger partial charge < -0.3 is 9.73 Å². The molecule has 3 fully saturated rings. The summed E-state index contributed by atoms with van der Waals surface area (Å²) < 4.78 is 5.71. The Morgan fingerprint density at radius 1 is 1.33 bits per heavy atom. The van der Waals surface area contributed by atoms with Crippen LogP contribution in [-0.2, 0) is 0 Å². The first-order valence-corrected chi connectivity index (χ1v) is 8.69. The fourth-order valence-corrected chi connectivity index (χ4v) is 4.07. The normalized spacial score (nSPS) is 28.8. The van der Waals surface area contributed by atoms with Crippen molar-refractivity contribution in [2.24, 2.45) is 5.92 Å². The second kappa shape index (κ2) is 6.06. The highest BCUT2D eigenvalue weighted by Gasteiger charge is 2.40. The standard InChI is InChI=1S/C19H23N3O2/c1-12-4-3-5-15(10-12)16-11-20-19(24-16)18(23)21-17-13(2)22-8-6-14(17)7-9-22/h3-5,10-11,13-14,17H,6-9H2,1-2H3,(H,21,23)/t13-,17-/m0/s1. The Morgan fingerprint density at radius 2 is 2.12 bits per heavy atom. The van der Waals surface area contributed by atoms with Crippen LogP contribution in [0.15, 0.2) is 34.9 Å². The van der Waals surface area contributed by atoms with Crippen LogP contribution in [0.1, 0.15) is 36.0 Å². The molecule has 5 nitrogen and oxygen atoms in total. The van der Waals surface area contributed by atoms with Gasteiger partial charge in [0, 0.05) is 17.6 Å². The molecule has 1 amide bonds. The molecule has 0 unspecified atom stereocenters. The predicted molar refractivity (Wildman–Crippen MR) is 91.7 cm³/mol. The van der Waals surface area contributed by atoms with E-state index < -0.39 is 0 Å². The SMILES string of the molecule is Cc1cccc(-c2cnc(C(=O)N[C@@H]3C4CCN(CC4)[C@H]3C)o2)c1. The summed E-state index contributed by atoms with van der Waals surface area (Å²) in [7, 11) is 0. The molecular formula is C19H23N3O2. The van der Waals surface area contributed by atoms with Crippen LogP contribution in [0, 0.1) is 12.8 Å². The average Bonchev–Trinajstić information content (AvgIpc) is 3.09. The van der Waals surface area contributed by atoms with E-state index in [9.17, 15) is 4.79 Å². The molecule has 24 heavy (non-hydrogen) atoms. The molecule has 0 saturated carbocycles. The van der Waals surface area contributed by atoms with E-state index in [0.717, 1.165) is 37.1 Å². The van der Waals surface area contributed by atoms with Gasteiger partial charge in [-0.2, -0.15) is 0 Å². The quantitative estimate of drug-likeness (QED) is 0.943. The first-order valence-electron chi connectivity index (χ1n) is 8.69. The van der Waals surface area contributed by atoms with Gasteiger partial charge >= 0.3 is 5.91 Å². The molecule has 1 aromatic heterocycles. The van der Waals surface area contributed by atoms with Gasteiger partial charge in [0.25, 0.3) is 5.89 Å². The number of carbonyl (C=O) groups excluding carboxylic acids is 1. The lowest BCUT2D eigenvalue weighted by Crippen LogP contribution is -2.62. The Balaban J connectivity index is 1.49. The Kier molecular flexibility index (Phi) is 3.88. The molecule has 0 aliphatic carbocycles. The molecule has 1 aromatic carbocycles. The van der Waals surface area contributed by atoms with Crippen LogP contribution in [0.25, 0.3) is 11.3 Å². The zero-order valence-electron chi connectivity index (χ0n) is 14.2. The number of aryl methyl sites for hydroxylation is 1. The van der Waals surface area contributed by atoms with E-state index in [0.29, 0.717) is 17.7 Å². The van der Waals surface area contributed by atoms with Gasteiger partial charge in [-0.05, 0) is 51.8 Å². The maximum Gasteiger partial charge on any atom is 0.307 e. The number of carbonyl (C=O) groups is 1. The lowest BCUT2D eigenvalue weighted by atomic mass is 9.79. The van der Waals surface area contributed by atoms with Crippen LogP contribution < -0.4 is 5.32 Å². The molecule has 4 heterocycles. The highest BCUT2D eigenvalue weighted by atomic mass is 16.4. The largest absolute Gasteiger partial charge is 0.432 e. The summed E-state index contributed by atoms with van der Waals surface area (Å²) in [6.07, 6.45) is 3.95. The van der Waals surface area contributed by atoms with E-state index in [4.69, 9.17) is 4.42 Å². The summed E-state index contributed by atoms with van der Waals surface area (Å²) >= 11 is 0. The second-order valence-electron chi connectivity index (χ2n) is 7.01. The van der Waals surface area contributed by atoms with Crippen LogP contribution in [0.4, 0.5) is 0 Å². The van der Waals surface area contributed by atoms with Crippen molar-refractivity contribution < 1.29 is 9.21 Å². The third-order valence-electron chi connectivity index (χ3n) is 5.48. The highest BCUT2D eigenvalue weighted by molar-refractivity contribution is 5.90. The zero-order valence-corrected chi connectivity index (χ0v) is 14.2. The third-order valence-corrected chi connectivity index (χ3v) is 5.48. The summed E-state index contributed by atoms with van der Waals surface area (Å²) in [5.41, 5.74) is 2.09. The van der Waals surface area contributed by atoms with Gasteiger partial charge in [-0.3, -0.25) is 9.69 Å². The molecule has 2 aromatic rings. The zero-order chi connectivity index (χ0) is 16.7. The number of hydrogen-bond acceptors (Lipinski definition) is 4. The van der Waals surface area contributed by atoms with Crippen molar-refractivity contribution in [3.63, 3.8) is 0 Å². The number of nitrogens with one attached hydrogen (secondary N) is 1. The molecule has 3 saturated heterocycles. The first-order chi connectivity index (χ1) is 11.6. The maximum atomic E-state index is 12.6. The number of rotatable bonds is 3. The van der Waals surface area contributed by atoms with Crippen molar-refractivity contribution in [2.75, 3.05) is 13.1 Å². The van der Waals surface area contributed by atoms with Crippen LogP contribution >= 0.6 is 0 Å². The number of piperidine rings is 3. The third kappa shape index (κ3) is 2.73. The van der Waals surface area contributed by atoms with Crippen molar-refractivity contribution in [1.82, 2.24) is 15.2 Å². The number of amides is 1. The minimum absolute atomic E-state index is 0.148. The van der Waals surface area contributed by atoms with Gasteiger partial charge in [0.1, 0.15) is 0 Å². The Labute approximate surface area is 142 Å². The van der Waals surface area contributed by atoms with Gasteiger partial charge in [-0.1, -0.05) is 23.8 Å². The molecule has 126 valence electrons. The number of benzene rings is 1. The Hall–Kier alpha value is -2.14. The van der Waals surface area contributed by atoms with Gasteiger partial charge in [0.05, 0.1) is 6.20 Å². The first kappa shape index (κ1) is 15.4. The Bertz CT molecular complexity index is 745. The average molecular weight is 325 g/mol. The molecule has 2 atom stereocenters. The number of hydrogen-bond donors (Lipinski definition) is 1. The molecule has 3 aliphatic rings. The van der Waals surface area contributed by atoms with Gasteiger partial charge in [-0.25, -0.2) is 4.98 Å². The summed E-state index contributed by atoms with van der Waals surface area (Å²) in [6.45, 7) is 6.52. The number of aromatic nitrogens is 1. The van der Waals surface area contributed by atoms with E-state index >= 15 is 0 Å². The maximum absolute atomic E-state index is 12.6. The molecular weight excluding hydrogens is 302 g/mol. The van der Waals surface area contributed by atoms with Crippen LogP contribution in [-0.4, -0.2) is 41.0 Å². The monoisotopic (exact) mass is 325 g/mol. The van der Waals surface area contributed by atoms with Gasteiger partial charge in [0.2, 0.25) is 0 Å². The van der Waals surface area contributed by atoms with Crippen LogP contribution in [0.3, 0.4) is 0 Å². The predicted octanol–water partition coefficient (Wildman–Crippen LogP) is 2.86.